The number of nitrogens with one attached hydrogen (secondary N) is 1. The van der Waals surface area contributed by atoms with Crippen LogP contribution in [0.15, 0.2) is 66.2 Å². The summed E-state index contributed by atoms with van der Waals surface area (Å²) in [5.41, 5.74) is 9.00. The first-order valence-corrected chi connectivity index (χ1v) is 8.46. The number of hydrogen-bond donors (Lipinski definition) is 2. The highest BCUT2D eigenvalue weighted by molar-refractivity contribution is 6.32. The maximum absolute atomic E-state index is 6.11. The topological polar surface area (TPSA) is 77.5 Å². The van der Waals surface area contributed by atoms with Gasteiger partial charge in [-0.15, -0.1) is 0 Å². The predicted molar refractivity (Wildman–Crippen MR) is 105 cm³/mol. The highest BCUT2D eigenvalue weighted by Crippen LogP contribution is 2.27. The SMILES string of the molecule is COc1ccc(NC(N)=NCc2cccc(Cn3ccnc3)c2)cc1Cl. The second-order valence-corrected chi connectivity index (χ2v) is 6.14. The van der Waals surface area contributed by atoms with Crippen molar-refractivity contribution in [2.75, 3.05) is 12.4 Å². The molecule has 0 fully saturated rings. The molecule has 3 aromatic rings. The van der Waals surface area contributed by atoms with Crippen LogP contribution in [0.25, 0.3) is 0 Å². The number of aromatic nitrogens is 2. The number of rotatable bonds is 6. The molecule has 0 aliphatic rings. The van der Waals surface area contributed by atoms with Crippen molar-refractivity contribution < 1.29 is 4.74 Å². The van der Waals surface area contributed by atoms with Crippen molar-refractivity contribution in [3.63, 3.8) is 0 Å². The highest BCUT2D eigenvalue weighted by atomic mass is 35.5. The molecule has 0 bridgehead atoms. The number of aliphatic imine (C=N–C) groups is 1. The van der Waals surface area contributed by atoms with E-state index >= 15 is 0 Å². The summed E-state index contributed by atoms with van der Waals surface area (Å²) in [5.74, 6) is 0.939. The molecule has 0 aliphatic heterocycles. The Morgan fingerprint density at radius 2 is 2.12 bits per heavy atom. The Morgan fingerprint density at radius 3 is 2.85 bits per heavy atom. The minimum atomic E-state index is 0.325. The van der Waals surface area contributed by atoms with E-state index in [1.165, 1.54) is 5.56 Å². The first-order chi connectivity index (χ1) is 12.6. The highest BCUT2D eigenvalue weighted by Gasteiger charge is 2.03. The van der Waals surface area contributed by atoms with Crippen LogP contribution in [0.5, 0.6) is 5.75 Å². The van der Waals surface area contributed by atoms with E-state index in [4.69, 9.17) is 22.1 Å². The summed E-state index contributed by atoms with van der Waals surface area (Å²) in [5, 5.41) is 3.54. The largest absolute Gasteiger partial charge is 0.495 e. The number of ether oxygens (including phenoxy) is 1. The van der Waals surface area contributed by atoms with Crippen molar-refractivity contribution >= 4 is 23.2 Å². The molecule has 0 saturated heterocycles. The number of methoxy groups -OCH3 is 1. The zero-order valence-electron chi connectivity index (χ0n) is 14.4. The third-order valence-corrected chi connectivity index (χ3v) is 4.07. The van der Waals surface area contributed by atoms with Crippen molar-refractivity contribution in [2.24, 2.45) is 10.7 Å². The molecule has 0 atom stereocenters. The molecule has 0 saturated carbocycles. The quantitative estimate of drug-likeness (QED) is 0.514. The van der Waals surface area contributed by atoms with Gasteiger partial charge in [-0.3, -0.25) is 0 Å². The van der Waals surface area contributed by atoms with E-state index in [0.29, 0.717) is 23.3 Å². The number of benzene rings is 2. The lowest BCUT2D eigenvalue weighted by atomic mass is 10.1. The average Bonchev–Trinajstić information content (AvgIpc) is 3.13. The van der Waals surface area contributed by atoms with E-state index in [1.807, 2.05) is 29.0 Å². The number of imidazole rings is 1. The van der Waals surface area contributed by atoms with Gasteiger partial charge < -0.3 is 20.4 Å². The molecule has 1 aromatic heterocycles. The van der Waals surface area contributed by atoms with Gasteiger partial charge in [0.25, 0.3) is 0 Å². The summed E-state index contributed by atoms with van der Waals surface area (Å²) in [4.78, 5) is 8.45. The van der Waals surface area contributed by atoms with Crippen LogP contribution in [0.4, 0.5) is 5.69 Å². The van der Waals surface area contributed by atoms with Crippen molar-refractivity contribution in [1.82, 2.24) is 9.55 Å². The Bertz CT molecular complexity index is 893. The maximum Gasteiger partial charge on any atom is 0.193 e. The van der Waals surface area contributed by atoms with Crippen LogP contribution in [0.2, 0.25) is 5.02 Å². The number of anilines is 1. The fourth-order valence-electron chi connectivity index (χ4n) is 2.53. The van der Waals surface area contributed by atoms with E-state index in [1.54, 1.807) is 31.8 Å². The van der Waals surface area contributed by atoms with Gasteiger partial charge in [0.1, 0.15) is 5.75 Å². The molecule has 0 spiro atoms. The standard InChI is InChI=1S/C19H20ClN5O/c1-26-18-6-5-16(10-17(18)20)24-19(21)23-11-14-3-2-4-15(9-14)12-25-8-7-22-13-25/h2-10,13H,11-12H2,1H3,(H3,21,23,24). The predicted octanol–water partition coefficient (Wildman–Crippen LogP) is 3.52. The van der Waals surface area contributed by atoms with Crippen LogP contribution in [0.3, 0.4) is 0 Å². The van der Waals surface area contributed by atoms with Gasteiger partial charge in [-0.1, -0.05) is 35.9 Å². The Morgan fingerprint density at radius 1 is 1.27 bits per heavy atom. The van der Waals surface area contributed by atoms with E-state index in [0.717, 1.165) is 17.8 Å². The van der Waals surface area contributed by atoms with Gasteiger partial charge in [-0.25, -0.2) is 9.98 Å². The zero-order valence-corrected chi connectivity index (χ0v) is 15.1. The fourth-order valence-corrected chi connectivity index (χ4v) is 2.78. The normalized spacial score (nSPS) is 11.4. The Hall–Kier alpha value is -2.99. The number of hydrogen-bond acceptors (Lipinski definition) is 3. The lowest BCUT2D eigenvalue weighted by Crippen LogP contribution is -2.22. The van der Waals surface area contributed by atoms with E-state index in [-0.39, 0.29) is 0 Å². The molecule has 0 aliphatic carbocycles. The molecule has 2 aromatic carbocycles. The van der Waals surface area contributed by atoms with Crippen molar-refractivity contribution in [3.05, 3.63) is 77.3 Å². The summed E-state index contributed by atoms with van der Waals surface area (Å²) in [6, 6.07) is 13.6. The van der Waals surface area contributed by atoms with Gasteiger partial charge in [-0.05, 0) is 29.3 Å². The van der Waals surface area contributed by atoms with Gasteiger partial charge >= 0.3 is 0 Å². The number of guanidine groups is 1. The summed E-state index contributed by atoms with van der Waals surface area (Å²) >= 11 is 6.11. The molecule has 6 nitrogen and oxygen atoms in total. The zero-order chi connectivity index (χ0) is 18.4. The van der Waals surface area contributed by atoms with Gasteiger partial charge in [-0.2, -0.15) is 0 Å². The Balaban J connectivity index is 1.62. The second kappa shape index (κ2) is 8.40. The summed E-state index contributed by atoms with van der Waals surface area (Å²) in [7, 11) is 1.57. The van der Waals surface area contributed by atoms with E-state index < -0.39 is 0 Å². The number of nitrogens with zero attached hydrogens (tertiary/aromatic N) is 3. The molecule has 3 N–H and O–H groups in total. The Labute approximate surface area is 157 Å². The molecule has 134 valence electrons. The molecular weight excluding hydrogens is 350 g/mol. The molecule has 7 heteroatoms. The van der Waals surface area contributed by atoms with Crippen LogP contribution in [-0.2, 0) is 13.1 Å². The van der Waals surface area contributed by atoms with E-state index in [9.17, 15) is 0 Å². The summed E-state index contributed by atoms with van der Waals surface area (Å²) in [6.07, 6.45) is 5.51. The van der Waals surface area contributed by atoms with Gasteiger partial charge in [0.15, 0.2) is 5.96 Å². The lowest BCUT2D eigenvalue weighted by molar-refractivity contribution is 0.415. The average molecular weight is 370 g/mol. The van der Waals surface area contributed by atoms with Gasteiger partial charge in [0.05, 0.1) is 25.0 Å². The van der Waals surface area contributed by atoms with Crippen LogP contribution in [0, 0.1) is 0 Å². The second-order valence-electron chi connectivity index (χ2n) is 5.73. The summed E-state index contributed by atoms with van der Waals surface area (Å²) in [6.45, 7) is 1.26. The molecule has 0 radical (unpaired) electrons. The third-order valence-electron chi connectivity index (χ3n) is 3.77. The summed E-state index contributed by atoms with van der Waals surface area (Å²) < 4.78 is 7.15. The maximum atomic E-state index is 6.11. The Kier molecular flexibility index (Phi) is 5.76. The van der Waals surface area contributed by atoms with Crippen molar-refractivity contribution in [1.29, 1.82) is 0 Å². The molecule has 0 amide bonds. The lowest BCUT2D eigenvalue weighted by Gasteiger charge is -2.09. The first kappa shape index (κ1) is 17.8. The molecule has 1 heterocycles. The third kappa shape index (κ3) is 4.77. The van der Waals surface area contributed by atoms with Crippen molar-refractivity contribution in [2.45, 2.75) is 13.1 Å². The molecular formula is C19H20ClN5O. The molecule has 3 rings (SSSR count). The van der Waals surface area contributed by atoms with Crippen LogP contribution in [-0.4, -0.2) is 22.6 Å². The van der Waals surface area contributed by atoms with Crippen LogP contribution >= 0.6 is 11.6 Å². The molecule has 0 unspecified atom stereocenters. The monoisotopic (exact) mass is 369 g/mol. The van der Waals surface area contributed by atoms with Crippen LogP contribution < -0.4 is 15.8 Å². The fraction of sp³-hybridized carbons (Fsp3) is 0.158. The van der Waals surface area contributed by atoms with E-state index in [2.05, 4.69) is 27.4 Å². The molecule has 26 heavy (non-hydrogen) atoms. The van der Waals surface area contributed by atoms with Crippen molar-refractivity contribution in [3.8, 4) is 5.75 Å². The van der Waals surface area contributed by atoms with Crippen LogP contribution in [0.1, 0.15) is 11.1 Å². The smallest absolute Gasteiger partial charge is 0.193 e. The van der Waals surface area contributed by atoms with Gasteiger partial charge in [0.2, 0.25) is 0 Å². The first-order valence-electron chi connectivity index (χ1n) is 8.08. The number of halogens is 1. The minimum Gasteiger partial charge on any atom is -0.495 e. The minimum absolute atomic E-state index is 0.325. The van der Waals surface area contributed by atoms with Gasteiger partial charge in [0, 0.05) is 24.6 Å². The number of nitrogens with two attached hydrogens (primary N) is 1.